The van der Waals surface area contributed by atoms with Gasteiger partial charge in [-0.3, -0.25) is 10.1 Å². The number of nitriles is 1. The summed E-state index contributed by atoms with van der Waals surface area (Å²) in [6.45, 7) is 0. The second-order valence-electron chi connectivity index (χ2n) is 6.02. The van der Waals surface area contributed by atoms with Crippen molar-refractivity contribution in [2.24, 2.45) is 0 Å². The maximum atomic E-state index is 11.5. The molecule has 2 aromatic carbocycles. The lowest BCUT2D eigenvalue weighted by Gasteiger charge is -2.10. The van der Waals surface area contributed by atoms with Gasteiger partial charge < -0.3 is 14.6 Å². The third-order valence-corrected chi connectivity index (χ3v) is 4.54. The van der Waals surface area contributed by atoms with Crippen LogP contribution < -0.4 is 9.47 Å². The number of carbonyl (C=O) groups is 1. The fourth-order valence-electron chi connectivity index (χ4n) is 3.21. The van der Waals surface area contributed by atoms with Crippen molar-refractivity contribution in [1.29, 1.82) is 5.26 Å². The Balaban J connectivity index is 2.04. The lowest BCUT2D eigenvalue weighted by molar-refractivity contribution is 0.0696. The Labute approximate surface area is 159 Å². The number of fused-ring (bicyclic) bond motifs is 3. The second-order valence-corrected chi connectivity index (χ2v) is 6.02. The molecule has 0 aliphatic carbocycles. The van der Waals surface area contributed by atoms with Gasteiger partial charge in [-0.2, -0.15) is 10.4 Å². The highest BCUT2D eigenvalue weighted by molar-refractivity contribution is 6.12. The van der Waals surface area contributed by atoms with Gasteiger partial charge in [0.1, 0.15) is 11.8 Å². The molecule has 28 heavy (non-hydrogen) atoms. The molecular weight excluding hydrogens is 360 g/mol. The average molecular weight is 374 g/mol. The summed E-state index contributed by atoms with van der Waals surface area (Å²) < 4.78 is 10.7. The highest BCUT2D eigenvalue weighted by atomic mass is 16.5. The van der Waals surface area contributed by atoms with Crippen molar-refractivity contribution < 1.29 is 19.4 Å². The molecule has 2 heterocycles. The van der Waals surface area contributed by atoms with E-state index in [1.807, 2.05) is 12.1 Å². The Morgan fingerprint density at radius 3 is 2.61 bits per heavy atom. The number of ether oxygens (including phenoxy) is 2. The lowest BCUT2D eigenvalue weighted by atomic mass is 9.99. The topological polar surface area (TPSA) is 121 Å². The Morgan fingerprint density at radius 2 is 1.93 bits per heavy atom. The number of pyridine rings is 1. The summed E-state index contributed by atoms with van der Waals surface area (Å²) in [5.74, 6) is -0.0721. The molecule has 0 fully saturated rings. The third kappa shape index (κ3) is 2.57. The molecule has 0 saturated heterocycles. The van der Waals surface area contributed by atoms with Crippen molar-refractivity contribution in [2.45, 2.75) is 0 Å². The van der Waals surface area contributed by atoms with Crippen LogP contribution in [0.2, 0.25) is 0 Å². The predicted molar refractivity (Wildman–Crippen MR) is 102 cm³/mol. The van der Waals surface area contributed by atoms with Crippen molar-refractivity contribution in [3.8, 4) is 28.8 Å². The number of carboxylic acids is 1. The van der Waals surface area contributed by atoms with E-state index in [1.165, 1.54) is 12.1 Å². The second kappa shape index (κ2) is 6.55. The molecule has 0 radical (unpaired) electrons. The van der Waals surface area contributed by atoms with Crippen molar-refractivity contribution in [3.05, 3.63) is 47.7 Å². The molecule has 4 aromatic rings. The standard InChI is InChI=1S/C20H14N4O4/c1-27-16-6-13-14(7-17(16)28-2)22-9-15-18(13)19(24-23-15)10-3-4-11(8-21)12(5-10)20(25)26/h3-7,9H,1-2H3,(H,23,24)(H,25,26). The highest BCUT2D eigenvalue weighted by Gasteiger charge is 2.18. The van der Waals surface area contributed by atoms with Gasteiger partial charge in [0, 0.05) is 22.4 Å². The first-order valence-electron chi connectivity index (χ1n) is 8.24. The largest absolute Gasteiger partial charge is 0.493 e. The fraction of sp³-hybridized carbons (Fsp3) is 0.100. The Hall–Kier alpha value is -4.12. The van der Waals surface area contributed by atoms with Crippen LogP contribution in [0.1, 0.15) is 15.9 Å². The number of carboxylic acid groups (broad SMARTS) is 1. The number of nitrogens with one attached hydrogen (secondary N) is 1. The molecule has 0 spiro atoms. The van der Waals surface area contributed by atoms with Gasteiger partial charge >= 0.3 is 5.97 Å². The monoisotopic (exact) mass is 374 g/mol. The highest BCUT2D eigenvalue weighted by Crippen LogP contribution is 2.37. The van der Waals surface area contributed by atoms with Gasteiger partial charge in [-0.15, -0.1) is 0 Å². The molecule has 0 saturated carbocycles. The molecule has 8 nitrogen and oxygen atoms in total. The van der Waals surface area contributed by atoms with E-state index in [4.69, 9.17) is 14.7 Å². The maximum Gasteiger partial charge on any atom is 0.337 e. The Morgan fingerprint density at radius 1 is 1.18 bits per heavy atom. The van der Waals surface area contributed by atoms with Crippen LogP contribution in [0.15, 0.2) is 36.5 Å². The SMILES string of the molecule is COc1cc2ncc3[nH]nc(-c4ccc(C#N)c(C(=O)O)c4)c3c2cc1OC. The van der Waals surface area contributed by atoms with Gasteiger partial charge in [-0.05, 0) is 18.2 Å². The molecule has 138 valence electrons. The number of hydrogen-bond donors (Lipinski definition) is 2. The van der Waals surface area contributed by atoms with Gasteiger partial charge in [0.05, 0.1) is 42.6 Å². The molecule has 0 aliphatic heterocycles. The van der Waals surface area contributed by atoms with E-state index in [0.29, 0.717) is 33.8 Å². The van der Waals surface area contributed by atoms with E-state index < -0.39 is 5.97 Å². The van der Waals surface area contributed by atoms with E-state index in [9.17, 15) is 9.90 Å². The minimum atomic E-state index is -1.17. The minimum absolute atomic E-state index is 0.0752. The Bertz CT molecular complexity index is 1290. The molecule has 2 N–H and O–H groups in total. The van der Waals surface area contributed by atoms with Crippen LogP contribution in [0.3, 0.4) is 0 Å². The minimum Gasteiger partial charge on any atom is -0.493 e. The molecule has 0 unspecified atom stereocenters. The van der Waals surface area contributed by atoms with Crippen LogP contribution in [-0.2, 0) is 0 Å². The number of H-pyrrole nitrogens is 1. The molecule has 0 atom stereocenters. The van der Waals surface area contributed by atoms with Gasteiger partial charge in [-0.1, -0.05) is 6.07 Å². The van der Waals surface area contributed by atoms with Crippen LogP contribution in [-0.4, -0.2) is 40.5 Å². The van der Waals surface area contributed by atoms with Gasteiger partial charge in [0.15, 0.2) is 11.5 Å². The summed E-state index contributed by atoms with van der Waals surface area (Å²) in [5.41, 5.74) is 2.52. The molecular formula is C20H14N4O4. The van der Waals surface area contributed by atoms with E-state index in [2.05, 4.69) is 15.2 Å². The zero-order chi connectivity index (χ0) is 19.8. The van der Waals surface area contributed by atoms with E-state index >= 15 is 0 Å². The number of aromatic amines is 1. The third-order valence-electron chi connectivity index (χ3n) is 4.54. The number of aromatic carboxylic acids is 1. The number of methoxy groups -OCH3 is 2. The van der Waals surface area contributed by atoms with Crippen LogP contribution in [0.25, 0.3) is 33.1 Å². The van der Waals surface area contributed by atoms with Gasteiger partial charge in [-0.25, -0.2) is 4.79 Å². The summed E-state index contributed by atoms with van der Waals surface area (Å²) in [5, 5.41) is 27.4. The van der Waals surface area contributed by atoms with Crippen molar-refractivity contribution >= 4 is 27.8 Å². The van der Waals surface area contributed by atoms with Crippen LogP contribution in [0.4, 0.5) is 0 Å². The van der Waals surface area contributed by atoms with Crippen molar-refractivity contribution in [3.63, 3.8) is 0 Å². The van der Waals surface area contributed by atoms with Gasteiger partial charge in [0.2, 0.25) is 0 Å². The number of aromatic nitrogens is 3. The molecule has 0 aliphatic rings. The summed E-state index contributed by atoms with van der Waals surface area (Å²) in [7, 11) is 3.10. The lowest BCUT2D eigenvalue weighted by Crippen LogP contribution is -2.00. The maximum absolute atomic E-state index is 11.5. The first-order valence-corrected chi connectivity index (χ1v) is 8.24. The van der Waals surface area contributed by atoms with Crippen LogP contribution in [0.5, 0.6) is 11.5 Å². The molecule has 2 aromatic heterocycles. The summed E-state index contributed by atoms with van der Waals surface area (Å²) in [6, 6.07) is 10.1. The smallest absolute Gasteiger partial charge is 0.337 e. The summed E-state index contributed by atoms with van der Waals surface area (Å²) in [4.78, 5) is 15.9. The van der Waals surface area contributed by atoms with E-state index in [1.54, 1.807) is 32.5 Å². The van der Waals surface area contributed by atoms with E-state index in [-0.39, 0.29) is 11.1 Å². The number of benzene rings is 2. The number of rotatable bonds is 4. The van der Waals surface area contributed by atoms with Crippen molar-refractivity contribution in [2.75, 3.05) is 14.2 Å². The number of hydrogen-bond acceptors (Lipinski definition) is 6. The van der Waals surface area contributed by atoms with Crippen molar-refractivity contribution in [1.82, 2.24) is 15.2 Å². The fourth-order valence-corrected chi connectivity index (χ4v) is 3.21. The van der Waals surface area contributed by atoms with E-state index in [0.717, 1.165) is 10.8 Å². The van der Waals surface area contributed by atoms with Crippen LogP contribution in [0, 0.1) is 11.3 Å². The molecule has 8 heteroatoms. The summed E-state index contributed by atoms with van der Waals surface area (Å²) in [6.07, 6.45) is 1.65. The average Bonchev–Trinajstić information content (AvgIpc) is 3.16. The molecule has 0 bridgehead atoms. The Kier molecular flexibility index (Phi) is 4.05. The quantitative estimate of drug-likeness (QED) is 0.562. The first-order chi connectivity index (χ1) is 13.6. The van der Waals surface area contributed by atoms with Gasteiger partial charge in [0.25, 0.3) is 0 Å². The van der Waals surface area contributed by atoms with Crippen LogP contribution >= 0.6 is 0 Å². The number of nitrogens with zero attached hydrogens (tertiary/aromatic N) is 3. The zero-order valence-electron chi connectivity index (χ0n) is 15.0. The molecule has 4 rings (SSSR count). The first kappa shape index (κ1) is 17.3. The predicted octanol–water partition coefficient (Wildman–Crippen LogP) is 3.37. The molecule has 0 amide bonds. The normalized spacial score (nSPS) is 10.8. The summed E-state index contributed by atoms with van der Waals surface area (Å²) >= 11 is 0. The zero-order valence-corrected chi connectivity index (χ0v) is 15.0.